The fraction of sp³-hybridized carbons (Fsp3) is 0.464. The summed E-state index contributed by atoms with van der Waals surface area (Å²) in [6.45, 7) is 4.20. The number of primary amides is 1. The van der Waals surface area contributed by atoms with Gasteiger partial charge in [0, 0.05) is 43.6 Å². The largest absolute Gasteiger partial charge is 0.494 e. The summed E-state index contributed by atoms with van der Waals surface area (Å²) < 4.78 is 21.1. The molecule has 2 N–H and O–H groups in total. The summed E-state index contributed by atoms with van der Waals surface area (Å²) in [5.74, 6) is 6.64. The van der Waals surface area contributed by atoms with Crippen LogP contribution in [0.15, 0.2) is 47.4 Å². The number of tetrazole rings is 1. The molecule has 1 aliphatic heterocycles. The molecule has 216 valence electrons. The van der Waals surface area contributed by atoms with Gasteiger partial charge in [-0.25, -0.2) is 0 Å². The maximum atomic E-state index is 12.6. The maximum absolute atomic E-state index is 12.6. The quantitative estimate of drug-likeness (QED) is 0.230. The zero-order valence-corrected chi connectivity index (χ0v) is 24.2. The topological polar surface area (TPSA) is 127 Å². The first-order valence-corrected chi connectivity index (χ1v) is 14.6. The summed E-state index contributed by atoms with van der Waals surface area (Å²) in [6, 6.07) is 13.3. The minimum atomic E-state index is -0.632. The van der Waals surface area contributed by atoms with Crippen LogP contribution in [0.4, 0.5) is 0 Å². The summed E-state index contributed by atoms with van der Waals surface area (Å²) in [5.41, 5.74) is 6.73. The van der Waals surface area contributed by atoms with Gasteiger partial charge in [-0.15, -0.1) is 20.7 Å². The highest BCUT2D eigenvalue weighted by molar-refractivity contribution is 8.16. The number of nitrogens with zero attached hydrogens (tertiary/aromatic N) is 5. The number of aromatic nitrogens is 4. The Hall–Kier alpha value is -3.48. The van der Waals surface area contributed by atoms with Crippen LogP contribution >= 0.6 is 10.5 Å². The number of aryl methyl sites for hydroxylation is 1. The predicted molar refractivity (Wildman–Crippen MR) is 155 cm³/mol. The molecule has 2 aromatic carbocycles. The number of benzene rings is 2. The van der Waals surface area contributed by atoms with E-state index in [0.717, 1.165) is 35.8 Å². The third-order valence-corrected chi connectivity index (χ3v) is 9.56. The molecule has 2 heterocycles. The smallest absolute Gasteiger partial charge is 0.233 e. The van der Waals surface area contributed by atoms with Crippen LogP contribution in [-0.4, -0.2) is 95.8 Å². The number of nitrogens with two attached hydrogens (primary N) is 1. The first-order valence-electron chi connectivity index (χ1n) is 13.2. The van der Waals surface area contributed by atoms with Crippen molar-refractivity contribution in [3.63, 3.8) is 0 Å². The lowest BCUT2D eigenvalue weighted by Crippen LogP contribution is -2.51. The monoisotopic (exact) mass is 570 g/mol. The van der Waals surface area contributed by atoms with E-state index in [0.29, 0.717) is 56.3 Å². The number of amides is 1. The maximum Gasteiger partial charge on any atom is 0.233 e. The molecular formula is C28H38N6O5S. The van der Waals surface area contributed by atoms with E-state index >= 15 is 0 Å². The summed E-state index contributed by atoms with van der Waals surface area (Å²) in [4.78, 5) is 17.5. The minimum Gasteiger partial charge on any atom is -0.494 e. The fourth-order valence-corrected chi connectivity index (χ4v) is 6.56. The van der Waals surface area contributed by atoms with Crippen LogP contribution < -0.4 is 19.9 Å². The van der Waals surface area contributed by atoms with Crippen molar-refractivity contribution in [1.82, 2.24) is 25.1 Å². The summed E-state index contributed by atoms with van der Waals surface area (Å²) in [6.07, 6.45) is 2.09. The van der Waals surface area contributed by atoms with Gasteiger partial charge in [0.05, 0.1) is 38.7 Å². The fourth-order valence-electron chi connectivity index (χ4n) is 4.72. The number of rotatable bonds is 14. The van der Waals surface area contributed by atoms with Crippen molar-refractivity contribution >= 4 is 22.3 Å². The van der Waals surface area contributed by atoms with Crippen molar-refractivity contribution in [2.24, 2.45) is 5.73 Å². The first kappa shape index (κ1) is 29.5. The Bertz CT molecular complexity index is 1290. The van der Waals surface area contributed by atoms with E-state index in [-0.39, 0.29) is 5.91 Å². The second-order valence-electron chi connectivity index (χ2n) is 9.54. The molecule has 1 unspecified atom stereocenters. The van der Waals surface area contributed by atoms with Crippen LogP contribution in [0.1, 0.15) is 19.3 Å². The number of hydrogen-bond acceptors (Lipinski definition) is 9. The lowest BCUT2D eigenvalue weighted by Gasteiger charge is -2.41. The van der Waals surface area contributed by atoms with Gasteiger partial charge in [-0.2, -0.15) is 4.80 Å². The average Bonchev–Trinajstić information content (AvgIpc) is 3.47. The molecule has 0 aliphatic carbocycles. The van der Waals surface area contributed by atoms with Gasteiger partial charge in [0.25, 0.3) is 0 Å². The van der Waals surface area contributed by atoms with Gasteiger partial charge in [0.15, 0.2) is 11.5 Å². The second kappa shape index (κ2) is 13.7. The van der Waals surface area contributed by atoms with E-state index in [2.05, 4.69) is 26.2 Å². The molecule has 3 aromatic rings. The third-order valence-electron chi connectivity index (χ3n) is 7.17. The van der Waals surface area contributed by atoms with Crippen LogP contribution in [0.25, 0.3) is 11.4 Å². The molecule has 12 heteroatoms. The van der Waals surface area contributed by atoms with Crippen molar-refractivity contribution < 1.29 is 23.7 Å². The van der Waals surface area contributed by atoms with Crippen LogP contribution in [0.3, 0.4) is 0 Å². The molecule has 4 rings (SSSR count). The molecule has 1 aliphatic rings. The highest BCUT2D eigenvalue weighted by Crippen LogP contribution is 2.45. The van der Waals surface area contributed by atoms with Crippen LogP contribution in [0.5, 0.6) is 17.2 Å². The third kappa shape index (κ3) is 6.80. The van der Waals surface area contributed by atoms with Gasteiger partial charge in [-0.3, -0.25) is 4.79 Å². The van der Waals surface area contributed by atoms with E-state index in [4.69, 9.17) is 24.7 Å². The molecule has 11 nitrogen and oxygen atoms in total. The normalized spacial score (nSPS) is 15.9. The lowest BCUT2D eigenvalue weighted by atomic mass is 9.95. The van der Waals surface area contributed by atoms with Gasteiger partial charge < -0.3 is 29.6 Å². The Labute approximate surface area is 237 Å². The van der Waals surface area contributed by atoms with E-state index in [1.54, 1.807) is 26.1 Å². The first-order chi connectivity index (χ1) is 19.4. The zero-order valence-electron chi connectivity index (χ0n) is 23.4. The number of carbonyl (C=O) groups is 1. The Morgan fingerprint density at radius 2 is 1.75 bits per heavy atom. The molecule has 1 atom stereocenters. The van der Waals surface area contributed by atoms with E-state index in [9.17, 15) is 4.79 Å². The zero-order chi connectivity index (χ0) is 28.5. The van der Waals surface area contributed by atoms with E-state index in [1.807, 2.05) is 42.5 Å². The summed E-state index contributed by atoms with van der Waals surface area (Å²) in [7, 11) is 4.31. The number of ether oxygens (including phenoxy) is 4. The van der Waals surface area contributed by atoms with Crippen molar-refractivity contribution in [2.75, 3.05) is 54.2 Å². The minimum absolute atomic E-state index is 0.270. The van der Waals surface area contributed by atoms with Crippen LogP contribution in [0.2, 0.25) is 0 Å². The molecule has 1 amide bonds. The number of hydrogen-bond donors (Lipinski definition) is 1. The Morgan fingerprint density at radius 3 is 2.40 bits per heavy atom. The van der Waals surface area contributed by atoms with Crippen molar-refractivity contribution in [2.45, 2.75) is 35.4 Å². The van der Waals surface area contributed by atoms with Crippen molar-refractivity contribution in [3.8, 4) is 28.6 Å². The molecule has 1 aromatic heterocycles. The number of carbonyl (C=O) groups excluding carboxylic acids is 1. The summed E-state index contributed by atoms with van der Waals surface area (Å²) >= 11 is 0. The average molecular weight is 571 g/mol. The molecule has 1 fully saturated rings. The number of methoxy groups -OCH3 is 3. The molecule has 0 radical (unpaired) electrons. The van der Waals surface area contributed by atoms with Gasteiger partial charge in [0.2, 0.25) is 11.7 Å². The van der Waals surface area contributed by atoms with Crippen molar-refractivity contribution in [1.29, 1.82) is 0 Å². The SMILES string of the molecule is C=S(c1ccc(OCCCn2nnc(-c3ccc(OC)c(OC)c3)n2)cc1)C1(C(N)=O)CCN(CCOC)CC1. The lowest BCUT2D eigenvalue weighted by molar-refractivity contribution is -0.121. The predicted octanol–water partition coefficient (Wildman–Crippen LogP) is 2.85. The standard InChI is InChI=1S/C28H38N6O5S/c1-36-19-17-33-15-12-28(13-16-33,27(29)35)40(4)23-9-7-22(8-10-23)39-18-5-14-34-31-26(30-32-34)21-6-11-24(37-2)25(20-21)38-3/h6-11,20H,4-5,12-19H2,1-3H3,(H2,29,35). The van der Waals surface area contributed by atoms with Gasteiger partial charge in [-0.05, 0) is 60.5 Å². The second-order valence-corrected chi connectivity index (χ2v) is 11.6. The highest BCUT2D eigenvalue weighted by atomic mass is 32.2. The number of piperidine rings is 1. The Morgan fingerprint density at radius 1 is 1.02 bits per heavy atom. The van der Waals surface area contributed by atoms with Crippen molar-refractivity contribution in [3.05, 3.63) is 42.5 Å². The molecule has 40 heavy (non-hydrogen) atoms. The van der Waals surface area contributed by atoms with E-state index in [1.165, 1.54) is 0 Å². The molecule has 0 saturated carbocycles. The highest BCUT2D eigenvalue weighted by Gasteiger charge is 2.42. The molecule has 0 bridgehead atoms. The molecular weight excluding hydrogens is 532 g/mol. The molecule has 0 spiro atoms. The van der Waals surface area contributed by atoms with Crippen LogP contribution in [-0.2, 0) is 16.1 Å². The van der Waals surface area contributed by atoms with Gasteiger partial charge in [-0.1, -0.05) is 5.87 Å². The molecule has 1 saturated heterocycles. The van der Waals surface area contributed by atoms with Gasteiger partial charge in [0.1, 0.15) is 5.75 Å². The van der Waals surface area contributed by atoms with E-state index < -0.39 is 15.2 Å². The Kier molecular flexibility index (Phi) is 10.1. The summed E-state index contributed by atoms with van der Waals surface area (Å²) in [5, 5.41) is 12.8. The van der Waals surface area contributed by atoms with Crippen LogP contribution in [0, 0.1) is 0 Å². The van der Waals surface area contributed by atoms with Gasteiger partial charge >= 0.3 is 0 Å². The Balaban J connectivity index is 1.28. The number of likely N-dealkylation sites (tertiary alicyclic amines) is 1.